The minimum Gasteiger partial charge on any atom is -0.481 e. The lowest BCUT2D eigenvalue weighted by Gasteiger charge is -2.12. The van der Waals surface area contributed by atoms with Gasteiger partial charge in [0.1, 0.15) is 5.82 Å². The van der Waals surface area contributed by atoms with E-state index >= 15 is 0 Å². The molecule has 0 radical (unpaired) electrons. The third-order valence-corrected chi connectivity index (χ3v) is 3.24. The van der Waals surface area contributed by atoms with E-state index in [0.29, 0.717) is 18.5 Å². The van der Waals surface area contributed by atoms with Gasteiger partial charge in [-0.25, -0.2) is 4.39 Å². The topological polar surface area (TPSA) is 49.3 Å². The molecule has 1 aromatic rings. The summed E-state index contributed by atoms with van der Waals surface area (Å²) in [5.41, 5.74) is 0.630. The number of aliphatic carboxylic acids is 1. The summed E-state index contributed by atoms with van der Waals surface area (Å²) in [6.45, 7) is 0.396. The molecule has 1 aliphatic rings. The van der Waals surface area contributed by atoms with Gasteiger partial charge in [-0.15, -0.1) is 0 Å². The lowest BCUT2D eigenvalue weighted by atomic mass is 10.00. The van der Waals surface area contributed by atoms with Crippen molar-refractivity contribution in [3.8, 4) is 0 Å². The van der Waals surface area contributed by atoms with Gasteiger partial charge in [0.2, 0.25) is 0 Å². The second-order valence-corrected chi connectivity index (χ2v) is 4.25. The normalized spacial score (nSPS) is 24.6. The molecule has 0 spiro atoms. The number of carbonyl (C=O) groups is 1. The Morgan fingerprint density at radius 2 is 2.31 bits per heavy atom. The molecule has 1 fully saturated rings. The predicted octanol–water partition coefficient (Wildman–Crippen LogP) is 2.21. The van der Waals surface area contributed by atoms with Gasteiger partial charge in [0.05, 0.1) is 10.9 Å². The summed E-state index contributed by atoms with van der Waals surface area (Å²) < 4.78 is 13.2. The van der Waals surface area contributed by atoms with Crippen LogP contribution >= 0.6 is 11.6 Å². The molecule has 0 aliphatic carbocycles. The summed E-state index contributed by atoms with van der Waals surface area (Å²) >= 11 is 5.84. The number of nitrogens with one attached hydrogen (secondary N) is 1. The highest BCUT2D eigenvalue weighted by Crippen LogP contribution is 2.32. The number of hydrogen-bond donors (Lipinski definition) is 2. The van der Waals surface area contributed by atoms with Gasteiger partial charge in [-0.3, -0.25) is 4.79 Å². The molecule has 2 unspecified atom stereocenters. The first-order valence-corrected chi connectivity index (χ1v) is 5.37. The highest BCUT2D eigenvalue weighted by molar-refractivity contribution is 6.31. The SMILES string of the molecule is O=C(O)C1CNC(c2cccc(F)c2Cl)C1. The average Bonchev–Trinajstić information content (AvgIpc) is 2.71. The van der Waals surface area contributed by atoms with Gasteiger partial charge in [-0.2, -0.15) is 0 Å². The van der Waals surface area contributed by atoms with Crippen molar-refractivity contribution in [2.24, 2.45) is 5.92 Å². The minimum atomic E-state index is -0.831. The number of carboxylic acid groups (broad SMARTS) is 1. The zero-order chi connectivity index (χ0) is 11.7. The number of hydrogen-bond acceptors (Lipinski definition) is 2. The van der Waals surface area contributed by atoms with Crippen LogP contribution < -0.4 is 5.32 Å². The average molecular weight is 244 g/mol. The summed E-state index contributed by atoms with van der Waals surface area (Å²) in [6, 6.07) is 4.40. The molecule has 2 rings (SSSR count). The van der Waals surface area contributed by atoms with E-state index in [1.165, 1.54) is 6.07 Å². The molecule has 1 heterocycles. The molecule has 2 atom stereocenters. The molecule has 1 aliphatic heterocycles. The molecule has 0 saturated carbocycles. The summed E-state index contributed by atoms with van der Waals surface area (Å²) in [5, 5.41) is 12.0. The fourth-order valence-corrected chi connectivity index (χ4v) is 2.21. The molecule has 16 heavy (non-hydrogen) atoms. The van der Waals surface area contributed by atoms with Crippen molar-refractivity contribution in [3.63, 3.8) is 0 Å². The first-order chi connectivity index (χ1) is 7.59. The van der Waals surface area contributed by atoms with E-state index in [-0.39, 0.29) is 11.1 Å². The van der Waals surface area contributed by atoms with E-state index in [4.69, 9.17) is 16.7 Å². The Kier molecular flexibility index (Phi) is 3.12. The summed E-state index contributed by atoms with van der Waals surface area (Å²) in [6.07, 6.45) is 0.443. The van der Waals surface area contributed by atoms with Crippen LogP contribution in [0.1, 0.15) is 18.0 Å². The summed E-state index contributed by atoms with van der Waals surface area (Å²) in [7, 11) is 0. The summed E-state index contributed by atoms with van der Waals surface area (Å²) in [4.78, 5) is 10.8. The van der Waals surface area contributed by atoms with Crippen LogP contribution in [0.5, 0.6) is 0 Å². The number of halogens is 2. The van der Waals surface area contributed by atoms with Crippen LogP contribution in [0.3, 0.4) is 0 Å². The Balaban J connectivity index is 2.21. The number of benzene rings is 1. The van der Waals surface area contributed by atoms with Crippen molar-refractivity contribution >= 4 is 17.6 Å². The molecular formula is C11H11ClFNO2. The zero-order valence-electron chi connectivity index (χ0n) is 8.41. The highest BCUT2D eigenvalue weighted by atomic mass is 35.5. The predicted molar refractivity (Wildman–Crippen MR) is 57.9 cm³/mol. The van der Waals surface area contributed by atoms with E-state index in [0.717, 1.165) is 0 Å². The molecule has 5 heteroatoms. The maximum absolute atomic E-state index is 13.2. The molecule has 0 amide bonds. The van der Waals surface area contributed by atoms with Crippen molar-refractivity contribution in [1.82, 2.24) is 5.32 Å². The van der Waals surface area contributed by atoms with Crippen molar-refractivity contribution < 1.29 is 14.3 Å². The van der Waals surface area contributed by atoms with Crippen LogP contribution in [0.4, 0.5) is 4.39 Å². The van der Waals surface area contributed by atoms with Crippen molar-refractivity contribution in [2.75, 3.05) is 6.54 Å². The second kappa shape index (κ2) is 4.39. The lowest BCUT2D eigenvalue weighted by molar-refractivity contribution is -0.141. The number of carboxylic acids is 1. The number of rotatable bonds is 2. The quantitative estimate of drug-likeness (QED) is 0.837. The van der Waals surface area contributed by atoms with Gasteiger partial charge < -0.3 is 10.4 Å². The largest absolute Gasteiger partial charge is 0.481 e. The van der Waals surface area contributed by atoms with E-state index in [9.17, 15) is 9.18 Å². The fraction of sp³-hybridized carbons (Fsp3) is 0.364. The highest BCUT2D eigenvalue weighted by Gasteiger charge is 2.31. The van der Waals surface area contributed by atoms with Crippen LogP contribution in [0.25, 0.3) is 0 Å². The van der Waals surface area contributed by atoms with Crippen molar-refractivity contribution in [2.45, 2.75) is 12.5 Å². The Morgan fingerprint density at radius 3 is 2.94 bits per heavy atom. The maximum Gasteiger partial charge on any atom is 0.307 e. The lowest BCUT2D eigenvalue weighted by Crippen LogP contribution is -2.17. The first-order valence-electron chi connectivity index (χ1n) is 4.99. The maximum atomic E-state index is 13.2. The van der Waals surface area contributed by atoms with Crippen molar-refractivity contribution in [1.29, 1.82) is 0 Å². The Morgan fingerprint density at radius 1 is 1.56 bits per heavy atom. The molecule has 0 aromatic heterocycles. The summed E-state index contributed by atoms with van der Waals surface area (Å²) in [5.74, 6) is -1.73. The molecule has 1 aromatic carbocycles. The minimum absolute atomic E-state index is 0.0750. The van der Waals surface area contributed by atoms with Crippen LogP contribution in [-0.2, 0) is 4.79 Å². The molecule has 86 valence electrons. The van der Waals surface area contributed by atoms with Gasteiger partial charge in [0.15, 0.2) is 0 Å². The Labute approximate surface area is 97.2 Å². The molecule has 2 N–H and O–H groups in total. The zero-order valence-corrected chi connectivity index (χ0v) is 9.17. The third-order valence-electron chi connectivity index (χ3n) is 2.84. The first kappa shape index (κ1) is 11.4. The van der Waals surface area contributed by atoms with Gasteiger partial charge in [0, 0.05) is 12.6 Å². The fourth-order valence-electron chi connectivity index (χ4n) is 1.95. The van der Waals surface area contributed by atoms with E-state index in [2.05, 4.69) is 5.32 Å². The van der Waals surface area contributed by atoms with Crippen LogP contribution in [0.15, 0.2) is 18.2 Å². The van der Waals surface area contributed by atoms with E-state index < -0.39 is 17.7 Å². The van der Waals surface area contributed by atoms with Crippen LogP contribution in [0.2, 0.25) is 5.02 Å². The molecule has 3 nitrogen and oxygen atoms in total. The standard InChI is InChI=1S/C11H11ClFNO2/c12-10-7(2-1-3-8(10)13)9-4-6(5-14-9)11(15)16/h1-3,6,9,14H,4-5H2,(H,15,16). The van der Waals surface area contributed by atoms with Crippen molar-refractivity contribution in [3.05, 3.63) is 34.6 Å². The van der Waals surface area contributed by atoms with Crippen LogP contribution in [0, 0.1) is 11.7 Å². The Hall–Kier alpha value is -1.13. The molecular weight excluding hydrogens is 233 g/mol. The van der Waals surface area contributed by atoms with Crippen LogP contribution in [-0.4, -0.2) is 17.6 Å². The van der Waals surface area contributed by atoms with E-state index in [1.807, 2.05) is 0 Å². The van der Waals surface area contributed by atoms with Gasteiger partial charge in [0.25, 0.3) is 0 Å². The van der Waals surface area contributed by atoms with Gasteiger partial charge >= 0.3 is 5.97 Å². The van der Waals surface area contributed by atoms with Gasteiger partial charge in [-0.1, -0.05) is 23.7 Å². The smallest absolute Gasteiger partial charge is 0.307 e. The second-order valence-electron chi connectivity index (χ2n) is 3.87. The van der Waals surface area contributed by atoms with E-state index in [1.54, 1.807) is 12.1 Å². The Bertz CT molecular complexity index is 424. The monoisotopic (exact) mass is 243 g/mol. The molecule has 1 saturated heterocycles. The molecule has 0 bridgehead atoms. The van der Waals surface area contributed by atoms with Gasteiger partial charge in [-0.05, 0) is 18.1 Å². The third kappa shape index (κ3) is 2.03.